The molecule has 2 nitrogen and oxygen atoms in total. The fourth-order valence-corrected chi connectivity index (χ4v) is 3.31. The van der Waals surface area contributed by atoms with Crippen molar-refractivity contribution in [1.82, 2.24) is 9.97 Å². The summed E-state index contributed by atoms with van der Waals surface area (Å²) in [4.78, 5) is 2.31. The van der Waals surface area contributed by atoms with E-state index in [1.807, 2.05) is 0 Å². The molecule has 0 fully saturated rings. The lowest BCUT2D eigenvalue weighted by Crippen LogP contribution is -2.74. The van der Waals surface area contributed by atoms with Gasteiger partial charge in [-0.2, -0.15) is 149 Å². The van der Waals surface area contributed by atoms with Gasteiger partial charge in [-0.3, -0.25) is 0 Å². The lowest BCUT2D eigenvalue weighted by Gasteiger charge is -2.43. The second-order valence-corrected chi connectivity index (χ2v) is 10.3. The van der Waals surface area contributed by atoms with Crippen LogP contribution in [0.4, 0.5) is 149 Å². The standard InChI is InChI=1S/C20H2F34N2/c21-5(22,7(25,26)9(29,30)11(33,34)13(37,38)15(41,42)17(45,46)19(49,50)51)3-1-2-55-4(56-3)6(23,24)8(27,28)10(31,32)12(35,36)14(39,40)16(43,44)18(47,48)20(52,53)54/h1-2H. The van der Waals surface area contributed by atoms with Crippen LogP contribution in [0.15, 0.2) is 12.3 Å². The van der Waals surface area contributed by atoms with E-state index in [9.17, 15) is 149 Å². The van der Waals surface area contributed by atoms with Crippen LogP contribution >= 0.6 is 0 Å². The lowest BCUT2D eigenvalue weighted by molar-refractivity contribution is -0.463. The number of aromatic nitrogens is 2. The van der Waals surface area contributed by atoms with E-state index in [1.165, 1.54) is 4.98 Å². The van der Waals surface area contributed by atoms with Crippen molar-refractivity contribution in [3.63, 3.8) is 0 Å². The highest BCUT2D eigenvalue weighted by Crippen LogP contribution is 2.67. The Kier molecular flexibility index (Phi) is 11.4. The van der Waals surface area contributed by atoms with Gasteiger partial charge in [-0.15, -0.1) is 0 Å². The van der Waals surface area contributed by atoms with E-state index in [-0.39, 0.29) is 0 Å². The smallest absolute Gasteiger partial charge is 0.235 e. The predicted octanol–water partition coefficient (Wildman–Crippen LogP) is 11.4. The van der Waals surface area contributed by atoms with E-state index in [4.69, 9.17) is 0 Å². The van der Waals surface area contributed by atoms with E-state index in [1.54, 1.807) is 0 Å². The van der Waals surface area contributed by atoms with Gasteiger partial charge < -0.3 is 0 Å². The van der Waals surface area contributed by atoms with E-state index < -0.39 is 119 Å². The third-order valence-electron chi connectivity index (χ3n) is 6.70. The minimum atomic E-state index is -9.40. The highest BCUT2D eigenvalue weighted by Gasteiger charge is 2.97. The van der Waals surface area contributed by atoms with Crippen molar-refractivity contribution in [2.75, 3.05) is 0 Å². The Morgan fingerprint density at radius 3 is 0.732 bits per heavy atom. The molecule has 36 heteroatoms. The molecule has 0 saturated carbocycles. The summed E-state index contributed by atoms with van der Waals surface area (Å²) in [6, 6.07) is -1.52. The van der Waals surface area contributed by atoms with Gasteiger partial charge in [0.25, 0.3) is 0 Å². The molecule has 56 heavy (non-hydrogen) atoms. The van der Waals surface area contributed by atoms with Crippen LogP contribution in [0.5, 0.6) is 0 Å². The van der Waals surface area contributed by atoms with Crippen molar-refractivity contribution >= 4 is 0 Å². The van der Waals surface area contributed by atoms with Gasteiger partial charge in [-0.25, -0.2) is 9.97 Å². The van der Waals surface area contributed by atoms with Crippen molar-refractivity contribution in [2.24, 2.45) is 0 Å². The molecule has 0 spiro atoms. The lowest BCUT2D eigenvalue weighted by atomic mass is 9.88. The highest BCUT2D eigenvalue weighted by atomic mass is 19.4. The first-order valence-electron chi connectivity index (χ1n) is 12.0. The van der Waals surface area contributed by atoms with Gasteiger partial charge in [0.05, 0.1) is 0 Å². The van der Waals surface area contributed by atoms with Crippen LogP contribution in [0.2, 0.25) is 0 Å². The molecule has 1 heterocycles. The largest absolute Gasteiger partial charge is 0.460 e. The summed E-state index contributed by atoms with van der Waals surface area (Å²) in [6.07, 6.45) is -17.9. The molecule has 1 rings (SSSR count). The van der Waals surface area contributed by atoms with Gasteiger partial charge in [0.1, 0.15) is 5.69 Å². The molecule has 0 amide bonds. The van der Waals surface area contributed by atoms with E-state index in [2.05, 4.69) is 0 Å². The Balaban J connectivity index is 4.01. The highest BCUT2D eigenvalue weighted by molar-refractivity contribution is 5.23. The van der Waals surface area contributed by atoms with Crippen molar-refractivity contribution < 1.29 is 149 Å². The SMILES string of the molecule is FC(F)(F)C(F)(F)C(F)(F)C(F)(F)C(F)(F)C(F)(F)C(F)(F)C(F)(F)c1ccnc(C(F)(F)C(F)(F)C(F)(F)C(F)(F)C(F)(F)C(F)(F)C(F)(F)C(F)(F)F)n1. The van der Waals surface area contributed by atoms with E-state index in [0.29, 0.717) is 0 Å². The maximum Gasteiger partial charge on any atom is 0.460 e. The molecule has 0 aliphatic rings. The molecular weight excluding hydrogens is 914 g/mol. The third kappa shape index (κ3) is 5.98. The van der Waals surface area contributed by atoms with Crippen LogP contribution in [0.3, 0.4) is 0 Å². The Labute approximate surface area is 279 Å². The molecule has 0 saturated heterocycles. The Bertz CT molecular complexity index is 1480. The quantitative estimate of drug-likeness (QED) is 0.174. The first-order chi connectivity index (χ1) is 23.7. The molecule has 0 aliphatic carbocycles. The summed E-state index contributed by atoms with van der Waals surface area (Å²) in [5.74, 6) is -130. The molecule has 0 atom stereocenters. The molecule has 0 unspecified atom stereocenters. The summed E-state index contributed by atoms with van der Waals surface area (Å²) in [6.45, 7) is 0. The zero-order chi connectivity index (χ0) is 46.0. The number of halogens is 34. The van der Waals surface area contributed by atoms with Crippen molar-refractivity contribution in [3.8, 4) is 0 Å². The first kappa shape index (κ1) is 50.7. The minimum Gasteiger partial charge on any atom is -0.235 e. The average molecular weight is 916 g/mol. The Hall–Kier alpha value is -3.30. The molecule has 0 radical (unpaired) electrons. The van der Waals surface area contributed by atoms with Crippen LogP contribution in [0, 0.1) is 0 Å². The van der Waals surface area contributed by atoms with Crippen LogP contribution < -0.4 is 0 Å². The molecule has 0 aromatic carbocycles. The summed E-state index contributed by atoms with van der Waals surface area (Å²) >= 11 is 0. The van der Waals surface area contributed by atoms with Gasteiger partial charge in [-0.1, -0.05) is 0 Å². The normalized spacial score (nSPS) is 16.8. The fourth-order valence-electron chi connectivity index (χ4n) is 3.31. The predicted molar refractivity (Wildman–Crippen MR) is 101 cm³/mol. The van der Waals surface area contributed by atoms with Crippen LogP contribution in [-0.4, -0.2) is 93.4 Å². The van der Waals surface area contributed by atoms with Gasteiger partial charge in [0.15, 0.2) is 0 Å². The molecular formula is C20H2F34N2. The second kappa shape index (κ2) is 12.6. The van der Waals surface area contributed by atoms with Crippen molar-refractivity contribution in [1.29, 1.82) is 0 Å². The first-order valence-corrected chi connectivity index (χ1v) is 12.0. The Morgan fingerprint density at radius 1 is 0.268 bits per heavy atom. The van der Waals surface area contributed by atoms with Crippen molar-refractivity contribution in [2.45, 2.75) is 95.3 Å². The number of alkyl halides is 34. The average Bonchev–Trinajstić information content (AvgIpc) is 2.98. The molecule has 0 bridgehead atoms. The van der Waals surface area contributed by atoms with Crippen LogP contribution in [0.25, 0.3) is 0 Å². The monoisotopic (exact) mass is 916 g/mol. The number of hydrogen-bond acceptors (Lipinski definition) is 2. The van der Waals surface area contributed by atoms with Gasteiger partial charge in [0, 0.05) is 6.20 Å². The van der Waals surface area contributed by atoms with Crippen LogP contribution in [-0.2, 0) is 11.8 Å². The van der Waals surface area contributed by atoms with Gasteiger partial charge >= 0.3 is 95.3 Å². The van der Waals surface area contributed by atoms with Gasteiger partial charge in [-0.05, 0) is 6.07 Å². The van der Waals surface area contributed by atoms with Crippen LogP contribution in [0.1, 0.15) is 11.5 Å². The maximum atomic E-state index is 14.4. The summed E-state index contributed by atoms with van der Waals surface area (Å²) in [7, 11) is 0. The van der Waals surface area contributed by atoms with E-state index in [0.717, 1.165) is 4.98 Å². The molecule has 0 N–H and O–H groups in total. The Morgan fingerprint density at radius 2 is 0.482 bits per heavy atom. The number of rotatable bonds is 14. The van der Waals surface area contributed by atoms with Crippen molar-refractivity contribution in [3.05, 3.63) is 23.8 Å². The molecule has 1 aromatic rings. The summed E-state index contributed by atoms with van der Waals surface area (Å²) in [5, 5.41) is 0. The zero-order valence-electron chi connectivity index (χ0n) is 23.9. The number of hydrogen-bond donors (Lipinski definition) is 0. The fraction of sp³-hybridized carbons (Fsp3) is 0.800. The third-order valence-corrected chi connectivity index (χ3v) is 6.70. The molecule has 0 aliphatic heterocycles. The summed E-state index contributed by atoms with van der Waals surface area (Å²) < 4.78 is 457. The molecule has 1 aromatic heterocycles. The zero-order valence-corrected chi connectivity index (χ0v) is 23.9. The molecule has 330 valence electrons. The van der Waals surface area contributed by atoms with Gasteiger partial charge in [0.2, 0.25) is 5.82 Å². The maximum absolute atomic E-state index is 14.4. The van der Waals surface area contributed by atoms with E-state index >= 15 is 0 Å². The second-order valence-electron chi connectivity index (χ2n) is 10.3. The summed E-state index contributed by atoms with van der Waals surface area (Å²) in [5.41, 5.74) is -4.26. The number of nitrogens with zero attached hydrogens (tertiary/aromatic N) is 2. The minimum absolute atomic E-state index is 0.868. The topological polar surface area (TPSA) is 25.8 Å².